The topological polar surface area (TPSA) is 30.7 Å². The van der Waals surface area contributed by atoms with Gasteiger partial charge in [0.1, 0.15) is 5.82 Å². The molecule has 17 heavy (non-hydrogen) atoms. The fourth-order valence-electron chi connectivity index (χ4n) is 1.98. The highest BCUT2D eigenvalue weighted by atomic mass is 32.1. The standard InChI is InChI=1S/C13H13N3S/c1-8-14-11-6-10(4-5-13(11)16(8)3)12-7-17-9(2)15-12/h4-7H,1-3H3. The van der Waals surface area contributed by atoms with Crippen molar-refractivity contribution in [3.05, 3.63) is 34.4 Å². The molecule has 0 saturated carbocycles. The number of thiazole rings is 1. The number of hydrogen-bond donors (Lipinski definition) is 0. The zero-order chi connectivity index (χ0) is 12.0. The van der Waals surface area contributed by atoms with Gasteiger partial charge in [0.2, 0.25) is 0 Å². The van der Waals surface area contributed by atoms with Gasteiger partial charge in [-0.2, -0.15) is 0 Å². The molecule has 3 aromatic rings. The summed E-state index contributed by atoms with van der Waals surface area (Å²) in [6, 6.07) is 6.33. The third kappa shape index (κ3) is 1.65. The highest BCUT2D eigenvalue weighted by Gasteiger charge is 2.07. The van der Waals surface area contributed by atoms with E-state index < -0.39 is 0 Å². The molecule has 2 heterocycles. The average molecular weight is 243 g/mol. The minimum absolute atomic E-state index is 1.03. The van der Waals surface area contributed by atoms with Gasteiger partial charge in [0.25, 0.3) is 0 Å². The van der Waals surface area contributed by atoms with Crippen LogP contribution in [0.4, 0.5) is 0 Å². The lowest BCUT2D eigenvalue weighted by Gasteiger charge is -1.98. The molecular formula is C13H13N3S. The van der Waals surface area contributed by atoms with Crippen LogP contribution in [0, 0.1) is 13.8 Å². The van der Waals surface area contributed by atoms with E-state index in [1.165, 1.54) is 5.52 Å². The Hall–Kier alpha value is -1.68. The Balaban J connectivity index is 2.20. The summed E-state index contributed by atoms with van der Waals surface area (Å²) in [7, 11) is 2.04. The van der Waals surface area contributed by atoms with Gasteiger partial charge in [0, 0.05) is 18.0 Å². The van der Waals surface area contributed by atoms with Crippen molar-refractivity contribution < 1.29 is 0 Å². The first kappa shape index (κ1) is 10.5. The number of imidazole rings is 1. The quantitative estimate of drug-likeness (QED) is 0.656. The molecule has 86 valence electrons. The summed E-state index contributed by atoms with van der Waals surface area (Å²) in [6.07, 6.45) is 0. The molecule has 0 aliphatic carbocycles. The minimum atomic E-state index is 1.03. The normalized spacial score (nSPS) is 11.2. The van der Waals surface area contributed by atoms with E-state index in [1.54, 1.807) is 11.3 Å². The molecule has 3 nitrogen and oxygen atoms in total. The van der Waals surface area contributed by atoms with Crippen molar-refractivity contribution in [2.24, 2.45) is 7.05 Å². The first-order valence-corrected chi connectivity index (χ1v) is 6.39. The minimum Gasteiger partial charge on any atom is -0.331 e. The van der Waals surface area contributed by atoms with E-state index in [0.717, 1.165) is 27.6 Å². The van der Waals surface area contributed by atoms with Crippen molar-refractivity contribution in [1.29, 1.82) is 0 Å². The van der Waals surface area contributed by atoms with Crippen LogP contribution in [0.3, 0.4) is 0 Å². The van der Waals surface area contributed by atoms with Crippen LogP contribution in [0.15, 0.2) is 23.6 Å². The van der Waals surface area contributed by atoms with Gasteiger partial charge in [-0.05, 0) is 26.0 Å². The van der Waals surface area contributed by atoms with Crippen molar-refractivity contribution in [2.75, 3.05) is 0 Å². The van der Waals surface area contributed by atoms with Gasteiger partial charge in [0.05, 0.1) is 21.7 Å². The van der Waals surface area contributed by atoms with Crippen LogP contribution >= 0.6 is 11.3 Å². The molecular weight excluding hydrogens is 230 g/mol. The van der Waals surface area contributed by atoms with Crippen molar-refractivity contribution >= 4 is 22.4 Å². The second kappa shape index (κ2) is 3.67. The van der Waals surface area contributed by atoms with Crippen LogP contribution in [-0.4, -0.2) is 14.5 Å². The molecule has 0 saturated heterocycles. The van der Waals surface area contributed by atoms with Gasteiger partial charge < -0.3 is 4.57 Å². The second-order valence-corrected chi connectivity index (χ2v) is 5.24. The van der Waals surface area contributed by atoms with Crippen LogP contribution in [-0.2, 0) is 7.05 Å². The monoisotopic (exact) mass is 243 g/mol. The van der Waals surface area contributed by atoms with Gasteiger partial charge in [-0.25, -0.2) is 9.97 Å². The predicted octanol–water partition coefficient (Wildman–Crippen LogP) is 3.31. The lowest BCUT2D eigenvalue weighted by atomic mass is 10.1. The molecule has 0 spiro atoms. The summed E-state index contributed by atoms with van der Waals surface area (Å²) in [5, 5.41) is 3.18. The highest BCUT2D eigenvalue weighted by molar-refractivity contribution is 7.09. The van der Waals surface area contributed by atoms with Crippen LogP contribution in [0.25, 0.3) is 22.3 Å². The molecule has 0 radical (unpaired) electrons. The molecule has 0 bridgehead atoms. The SMILES string of the molecule is Cc1nc(-c2ccc3c(c2)nc(C)n3C)cs1. The maximum absolute atomic E-state index is 4.54. The largest absolute Gasteiger partial charge is 0.331 e. The predicted molar refractivity (Wildman–Crippen MR) is 71.3 cm³/mol. The molecule has 1 aromatic carbocycles. The third-order valence-corrected chi connectivity index (χ3v) is 3.79. The van der Waals surface area contributed by atoms with Gasteiger partial charge in [-0.3, -0.25) is 0 Å². The summed E-state index contributed by atoms with van der Waals surface area (Å²) < 4.78 is 2.10. The summed E-state index contributed by atoms with van der Waals surface area (Å²) in [5.41, 5.74) is 4.38. The van der Waals surface area contributed by atoms with E-state index in [0.29, 0.717) is 0 Å². The first-order chi connectivity index (χ1) is 8.15. The van der Waals surface area contributed by atoms with E-state index in [-0.39, 0.29) is 0 Å². The Morgan fingerprint density at radius 3 is 2.71 bits per heavy atom. The molecule has 0 aliphatic rings. The van der Waals surface area contributed by atoms with Crippen molar-refractivity contribution in [3.8, 4) is 11.3 Å². The number of aryl methyl sites for hydroxylation is 3. The fourth-order valence-corrected chi connectivity index (χ4v) is 2.60. The zero-order valence-electron chi connectivity index (χ0n) is 10.1. The van der Waals surface area contributed by atoms with Crippen molar-refractivity contribution in [2.45, 2.75) is 13.8 Å². The Morgan fingerprint density at radius 2 is 2.00 bits per heavy atom. The average Bonchev–Trinajstić information content (AvgIpc) is 2.85. The molecule has 2 aromatic heterocycles. The maximum Gasteiger partial charge on any atom is 0.106 e. The Morgan fingerprint density at radius 1 is 1.18 bits per heavy atom. The lowest BCUT2D eigenvalue weighted by molar-refractivity contribution is 0.886. The third-order valence-electron chi connectivity index (χ3n) is 3.02. The smallest absolute Gasteiger partial charge is 0.106 e. The number of rotatable bonds is 1. The summed E-state index contributed by atoms with van der Waals surface area (Å²) in [4.78, 5) is 9.05. The molecule has 3 rings (SSSR count). The molecule has 0 unspecified atom stereocenters. The summed E-state index contributed by atoms with van der Waals surface area (Å²) in [6.45, 7) is 4.05. The lowest BCUT2D eigenvalue weighted by Crippen LogP contribution is -1.89. The maximum atomic E-state index is 4.54. The number of benzene rings is 1. The molecule has 0 N–H and O–H groups in total. The van der Waals surface area contributed by atoms with E-state index in [2.05, 4.69) is 38.1 Å². The molecule has 0 fully saturated rings. The summed E-state index contributed by atoms with van der Waals surface area (Å²) in [5.74, 6) is 1.03. The molecule has 0 atom stereocenters. The number of fused-ring (bicyclic) bond motifs is 1. The van der Waals surface area contributed by atoms with Gasteiger partial charge in [-0.1, -0.05) is 6.07 Å². The van der Waals surface area contributed by atoms with Crippen LogP contribution in [0.2, 0.25) is 0 Å². The van der Waals surface area contributed by atoms with E-state index >= 15 is 0 Å². The molecule has 0 aliphatic heterocycles. The van der Waals surface area contributed by atoms with E-state index in [4.69, 9.17) is 0 Å². The van der Waals surface area contributed by atoms with E-state index in [9.17, 15) is 0 Å². The number of aromatic nitrogens is 3. The van der Waals surface area contributed by atoms with Crippen LogP contribution < -0.4 is 0 Å². The second-order valence-electron chi connectivity index (χ2n) is 4.17. The van der Waals surface area contributed by atoms with Gasteiger partial charge in [-0.15, -0.1) is 11.3 Å². The van der Waals surface area contributed by atoms with Gasteiger partial charge in [0.15, 0.2) is 0 Å². The van der Waals surface area contributed by atoms with Gasteiger partial charge >= 0.3 is 0 Å². The zero-order valence-corrected chi connectivity index (χ0v) is 10.9. The van der Waals surface area contributed by atoms with Crippen molar-refractivity contribution in [1.82, 2.24) is 14.5 Å². The van der Waals surface area contributed by atoms with Crippen LogP contribution in [0.5, 0.6) is 0 Å². The summed E-state index contributed by atoms with van der Waals surface area (Å²) >= 11 is 1.68. The Bertz CT molecular complexity index is 694. The number of hydrogen-bond acceptors (Lipinski definition) is 3. The molecule has 0 amide bonds. The highest BCUT2D eigenvalue weighted by Crippen LogP contribution is 2.25. The Kier molecular flexibility index (Phi) is 2.26. The first-order valence-electron chi connectivity index (χ1n) is 5.51. The van der Waals surface area contributed by atoms with E-state index in [1.807, 2.05) is 20.9 Å². The number of nitrogens with zero attached hydrogens (tertiary/aromatic N) is 3. The van der Waals surface area contributed by atoms with Crippen LogP contribution in [0.1, 0.15) is 10.8 Å². The molecule has 4 heteroatoms. The van der Waals surface area contributed by atoms with Crippen molar-refractivity contribution in [3.63, 3.8) is 0 Å². The Labute approximate surface area is 104 Å². The fraction of sp³-hybridized carbons (Fsp3) is 0.231.